The van der Waals surface area contributed by atoms with E-state index in [4.69, 9.17) is 4.74 Å². The molecule has 0 bridgehead atoms. The van der Waals surface area contributed by atoms with E-state index in [0.29, 0.717) is 18.0 Å². The normalized spacial score (nSPS) is 13.3. The van der Waals surface area contributed by atoms with Gasteiger partial charge < -0.3 is 9.64 Å². The van der Waals surface area contributed by atoms with Crippen molar-refractivity contribution in [2.45, 2.75) is 19.8 Å². The number of rotatable bonds is 4. The van der Waals surface area contributed by atoms with Crippen LogP contribution in [-0.4, -0.2) is 24.0 Å². The summed E-state index contributed by atoms with van der Waals surface area (Å²) in [6.45, 7) is 2.00. The van der Waals surface area contributed by atoms with Gasteiger partial charge >= 0.3 is 0 Å². The maximum Gasteiger partial charge on any atom is 0.269 e. The fraction of sp³-hybridized carbons (Fsp3) is 0.278. The van der Waals surface area contributed by atoms with Crippen molar-refractivity contribution < 1.29 is 18.8 Å². The topological polar surface area (TPSA) is 72.7 Å². The Bertz CT molecular complexity index is 821. The minimum atomic E-state index is -0.510. The Morgan fingerprint density at radius 2 is 2.04 bits per heavy atom. The summed E-state index contributed by atoms with van der Waals surface area (Å²) in [7, 11) is 0. The van der Waals surface area contributed by atoms with Gasteiger partial charge in [0.05, 0.1) is 10.6 Å². The smallest absolute Gasteiger partial charge is 0.269 e. The van der Waals surface area contributed by atoms with Crippen LogP contribution in [0.1, 0.15) is 17.5 Å². The van der Waals surface area contributed by atoms with Crippen LogP contribution >= 0.6 is 0 Å². The standard InChI is InChI=1S/C18H17FN2O4/c1-12-9-13-3-2-8-20(18(13)16(19)10-12)17(22)11-25-15-6-4-14(5-7-15)21(23)24/h4-7,9-10H,2-3,8,11H2,1H3. The number of nitro groups is 1. The first-order chi connectivity index (χ1) is 12.0. The lowest BCUT2D eigenvalue weighted by Crippen LogP contribution is -2.39. The molecule has 0 radical (unpaired) electrons. The van der Waals surface area contributed by atoms with Crippen LogP contribution in [0.2, 0.25) is 0 Å². The number of nitrogens with zero attached hydrogens (tertiary/aromatic N) is 2. The van der Waals surface area contributed by atoms with Crippen molar-refractivity contribution in [1.29, 1.82) is 0 Å². The van der Waals surface area contributed by atoms with Crippen LogP contribution in [0.5, 0.6) is 5.75 Å². The summed E-state index contributed by atoms with van der Waals surface area (Å²) < 4.78 is 19.7. The van der Waals surface area contributed by atoms with E-state index in [-0.39, 0.29) is 18.2 Å². The number of halogens is 1. The molecule has 2 aromatic carbocycles. The predicted octanol–water partition coefficient (Wildman–Crippen LogP) is 3.40. The van der Waals surface area contributed by atoms with Crippen LogP contribution in [0.4, 0.5) is 15.8 Å². The van der Waals surface area contributed by atoms with E-state index >= 15 is 0 Å². The van der Waals surface area contributed by atoms with Gasteiger partial charge in [-0.15, -0.1) is 0 Å². The molecule has 0 atom stereocenters. The third-order valence-corrected chi connectivity index (χ3v) is 4.10. The molecule has 2 aromatic rings. The zero-order valence-corrected chi connectivity index (χ0v) is 13.7. The zero-order chi connectivity index (χ0) is 18.0. The number of amides is 1. The van der Waals surface area contributed by atoms with Crippen molar-refractivity contribution in [2.75, 3.05) is 18.1 Å². The fourth-order valence-corrected chi connectivity index (χ4v) is 2.98. The van der Waals surface area contributed by atoms with Gasteiger partial charge in [0.2, 0.25) is 0 Å². The highest BCUT2D eigenvalue weighted by atomic mass is 19.1. The number of hydrogen-bond donors (Lipinski definition) is 0. The van der Waals surface area contributed by atoms with Gasteiger partial charge in [-0.2, -0.15) is 0 Å². The Morgan fingerprint density at radius 1 is 1.32 bits per heavy atom. The molecule has 25 heavy (non-hydrogen) atoms. The first kappa shape index (κ1) is 16.9. The molecule has 130 valence electrons. The quantitative estimate of drug-likeness (QED) is 0.629. The lowest BCUT2D eigenvalue weighted by Gasteiger charge is -2.30. The molecule has 7 heteroatoms. The van der Waals surface area contributed by atoms with Crippen LogP contribution in [0.25, 0.3) is 0 Å². The summed E-state index contributed by atoms with van der Waals surface area (Å²) in [5.74, 6) is -0.402. The van der Waals surface area contributed by atoms with Crippen molar-refractivity contribution in [3.63, 3.8) is 0 Å². The maximum absolute atomic E-state index is 14.3. The molecule has 1 heterocycles. The van der Waals surface area contributed by atoms with Gasteiger partial charge in [0.15, 0.2) is 6.61 Å². The van der Waals surface area contributed by atoms with Gasteiger partial charge in [0.1, 0.15) is 11.6 Å². The molecule has 1 aliphatic heterocycles. The minimum absolute atomic E-state index is 0.0546. The van der Waals surface area contributed by atoms with Gasteiger partial charge in [0.25, 0.3) is 11.6 Å². The molecule has 0 saturated heterocycles. The van der Waals surface area contributed by atoms with Gasteiger partial charge in [-0.1, -0.05) is 6.07 Å². The Kier molecular flexibility index (Phi) is 4.65. The second-order valence-electron chi connectivity index (χ2n) is 5.94. The SMILES string of the molecule is Cc1cc(F)c2c(c1)CCCN2C(=O)COc1ccc([N+](=O)[O-])cc1. The number of hydrogen-bond acceptors (Lipinski definition) is 4. The second-order valence-corrected chi connectivity index (χ2v) is 5.94. The summed E-state index contributed by atoms with van der Waals surface area (Å²) in [6, 6.07) is 8.78. The molecule has 0 spiro atoms. The number of non-ortho nitro benzene ring substituents is 1. The van der Waals surface area contributed by atoms with E-state index < -0.39 is 10.7 Å². The summed E-state index contributed by atoms with van der Waals surface area (Å²) >= 11 is 0. The number of benzene rings is 2. The zero-order valence-electron chi connectivity index (χ0n) is 13.7. The molecule has 1 aliphatic rings. The van der Waals surface area contributed by atoms with Crippen LogP contribution in [0, 0.1) is 22.9 Å². The molecule has 0 unspecified atom stereocenters. The van der Waals surface area contributed by atoms with Crippen molar-refractivity contribution in [2.24, 2.45) is 0 Å². The van der Waals surface area contributed by atoms with Crippen molar-refractivity contribution >= 4 is 17.3 Å². The lowest BCUT2D eigenvalue weighted by molar-refractivity contribution is -0.384. The third-order valence-electron chi connectivity index (χ3n) is 4.10. The number of fused-ring (bicyclic) bond motifs is 1. The number of carbonyl (C=O) groups is 1. The van der Waals surface area contributed by atoms with E-state index in [0.717, 1.165) is 24.0 Å². The predicted molar refractivity (Wildman–Crippen MR) is 90.4 cm³/mol. The van der Waals surface area contributed by atoms with E-state index in [1.54, 1.807) is 0 Å². The molecule has 0 fully saturated rings. The molecule has 6 nitrogen and oxygen atoms in total. The summed E-state index contributed by atoms with van der Waals surface area (Å²) in [4.78, 5) is 24.0. The average molecular weight is 344 g/mol. The molecule has 0 aromatic heterocycles. The third kappa shape index (κ3) is 3.60. The first-order valence-corrected chi connectivity index (χ1v) is 7.92. The minimum Gasteiger partial charge on any atom is -0.484 e. The molecular weight excluding hydrogens is 327 g/mol. The number of aryl methyl sites for hydroxylation is 2. The maximum atomic E-state index is 14.3. The van der Waals surface area contributed by atoms with Crippen LogP contribution < -0.4 is 9.64 Å². The highest BCUT2D eigenvalue weighted by Gasteiger charge is 2.26. The van der Waals surface area contributed by atoms with Gasteiger partial charge in [-0.3, -0.25) is 14.9 Å². The molecule has 0 N–H and O–H groups in total. The molecule has 3 rings (SSSR count). The van der Waals surface area contributed by atoms with E-state index in [1.807, 2.05) is 13.0 Å². The highest BCUT2D eigenvalue weighted by Crippen LogP contribution is 2.31. The number of nitro benzene ring substituents is 1. The average Bonchev–Trinajstić information content (AvgIpc) is 2.59. The monoisotopic (exact) mass is 344 g/mol. The van der Waals surface area contributed by atoms with Crippen molar-refractivity contribution in [3.8, 4) is 5.75 Å². The Labute approximate surface area is 144 Å². The second kappa shape index (κ2) is 6.88. The van der Waals surface area contributed by atoms with Crippen LogP contribution in [-0.2, 0) is 11.2 Å². The Hall–Kier alpha value is -2.96. The van der Waals surface area contributed by atoms with E-state index in [2.05, 4.69) is 0 Å². The number of ether oxygens (including phenoxy) is 1. The van der Waals surface area contributed by atoms with E-state index in [9.17, 15) is 19.3 Å². The van der Waals surface area contributed by atoms with Gasteiger partial charge in [-0.25, -0.2) is 4.39 Å². The lowest BCUT2D eigenvalue weighted by atomic mass is 9.99. The molecule has 0 aliphatic carbocycles. The van der Waals surface area contributed by atoms with Gasteiger partial charge in [0, 0.05) is 18.7 Å². The van der Waals surface area contributed by atoms with Crippen LogP contribution in [0.15, 0.2) is 36.4 Å². The summed E-state index contributed by atoms with van der Waals surface area (Å²) in [5.41, 5.74) is 1.93. The Morgan fingerprint density at radius 3 is 2.72 bits per heavy atom. The van der Waals surface area contributed by atoms with Crippen molar-refractivity contribution in [3.05, 3.63) is 63.5 Å². The highest BCUT2D eigenvalue weighted by molar-refractivity contribution is 5.95. The van der Waals surface area contributed by atoms with Gasteiger partial charge in [-0.05, 0) is 49.1 Å². The molecular formula is C18H17FN2O4. The van der Waals surface area contributed by atoms with Crippen LogP contribution in [0.3, 0.4) is 0 Å². The first-order valence-electron chi connectivity index (χ1n) is 7.92. The van der Waals surface area contributed by atoms with E-state index in [1.165, 1.54) is 35.2 Å². The largest absolute Gasteiger partial charge is 0.484 e. The number of carbonyl (C=O) groups excluding carboxylic acids is 1. The Balaban J connectivity index is 1.71. The summed E-state index contributed by atoms with van der Waals surface area (Å²) in [6.07, 6.45) is 1.50. The van der Waals surface area contributed by atoms with Crippen molar-refractivity contribution in [1.82, 2.24) is 0 Å². The molecule has 1 amide bonds. The number of anilines is 1. The molecule has 0 saturated carbocycles. The fourth-order valence-electron chi connectivity index (χ4n) is 2.98. The summed E-state index contributed by atoms with van der Waals surface area (Å²) in [5, 5.41) is 10.6.